The molecule has 1 aliphatic rings. The fourth-order valence-electron chi connectivity index (χ4n) is 0.973. The summed E-state index contributed by atoms with van der Waals surface area (Å²) in [6.07, 6.45) is 0. The summed E-state index contributed by atoms with van der Waals surface area (Å²) in [6, 6.07) is 0. The molecule has 0 aromatic heterocycles. The summed E-state index contributed by atoms with van der Waals surface area (Å²) in [4.78, 5) is 22.9. The molecular formula is C8H4Cl3O6S-. The molecule has 100 valence electrons. The van der Waals surface area contributed by atoms with Crippen LogP contribution in [0.4, 0.5) is 0 Å². The summed E-state index contributed by atoms with van der Waals surface area (Å²) in [5.41, 5.74) is 0. The molecule has 0 aromatic rings. The van der Waals surface area contributed by atoms with Crippen LogP contribution in [0.5, 0.6) is 0 Å². The number of carbonyl (C=O) groups is 2. The van der Waals surface area contributed by atoms with Crippen molar-refractivity contribution in [3.05, 3.63) is 20.9 Å². The van der Waals surface area contributed by atoms with Crippen molar-refractivity contribution < 1.29 is 27.3 Å². The summed E-state index contributed by atoms with van der Waals surface area (Å²) in [6.45, 7) is -0.627. The second-order valence-electron chi connectivity index (χ2n) is 3.04. The molecule has 0 N–H and O–H groups in total. The quantitative estimate of drug-likeness (QED) is 0.558. The third-order valence-electron chi connectivity index (χ3n) is 1.78. The van der Waals surface area contributed by atoms with Crippen LogP contribution in [0.2, 0.25) is 0 Å². The molecule has 0 atom stereocenters. The molecule has 0 amide bonds. The molecule has 0 bridgehead atoms. The first kappa shape index (κ1) is 15.5. The average molecular weight is 335 g/mol. The van der Waals surface area contributed by atoms with Gasteiger partial charge in [-0.1, -0.05) is 34.8 Å². The second-order valence-corrected chi connectivity index (χ2v) is 5.70. The van der Waals surface area contributed by atoms with E-state index in [1.54, 1.807) is 0 Å². The van der Waals surface area contributed by atoms with E-state index in [1.807, 2.05) is 0 Å². The van der Waals surface area contributed by atoms with Gasteiger partial charge in [0.05, 0.1) is 15.9 Å². The molecular weight excluding hydrogens is 331 g/mol. The SMILES string of the molecule is O=C1C(Cl)=C(Cl)C(=O)C(OCCS(=O)(=O)[O-])=C1Cl. The van der Waals surface area contributed by atoms with E-state index in [2.05, 4.69) is 0 Å². The first-order valence-electron chi connectivity index (χ1n) is 4.26. The van der Waals surface area contributed by atoms with Crippen LogP contribution in [0.25, 0.3) is 0 Å². The van der Waals surface area contributed by atoms with Crippen LogP contribution in [-0.2, 0) is 24.4 Å². The minimum atomic E-state index is -4.51. The highest BCUT2D eigenvalue weighted by Gasteiger charge is 2.33. The number of ketones is 2. The lowest BCUT2D eigenvalue weighted by atomic mass is 10.1. The van der Waals surface area contributed by atoms with Crippen LogP contribution < -0.4 is 0 Å². The van der Waals surface area contributed by atoms with Gasteiger partial charge in [0.15, 0.2) is 5.76 Å². The highest BCUT2D eigenvalue weighted by molar-refractivity contribution is 7.85. The standard InChI is InChI=1S/C8H5Cl3O6S/c9-3-4(10)7(13)8(5(11)6(3)12)17-1-2-18(14,15)16/h1-2H2,(H,14,15,16)/p-1. The zero-order chi connectivity index (χ0) is 14.1. The first-order valence-corrected chi connectivity index (χ1v) is 6.97. The normalized spacial score (nSPS) is 17.6. The summed E-state index contributed by atoms with van der Waals surface area (Å²) in [5.74, 6) is -3.37. The van der Waals surface area contributed by atoms with Gasteiger partial charge in [-0.2, -0.15) is 0 Å². The Hall–Kier alpha value is -0.600. The average Bonchev–Trinajstić information content (AvgIpc) is 2.27. The van der Waals surface area contributed by atoms with E-state index in [0.717, 1.165) is 0 Å². The minimum absolute atomic E-state index is 0.546. The number of ether oxygens (including phenoxy) is 1. The predicted octanol–water partition coefficient (Wildman–Crippen LogP) is 0.840. The van der Waals surface area contributed by atoms with Crippen LogP contribution >= 0.6 is 34.8 Å². The van der Waals surface area contributed by atoms with Gasteiger partial charge in [0, 0.05) is 0 Å². The van der Waals surface area contributed by atoms with Gasteiger partial charge < -0.3 is 9.29 Å². The Balaban J connectivity index is 2.89. The molecule has 6 nitrogen and oxygen atoms in total. The lowest BCUT2D eigenvalue weighted by molar-refractivity contribution is -0.117. The number of carbonyl (C=O) groups excluding carboxylic acids is 2. The number of halogens is 3. The highest BCUT2D eigenvalue weighted by Crippen LogP contribution is 2.31. The molecule has 0 fully saturated rings. The van der Waals surface area contributed by atoms with Crippen LogP contribution in [0.3, 0.4) is 0 Å². The monoisotopic (exact) mass is 333 g/mol. The van der Waals surface area contributed by atoms with Crippen LogP contribution in [0, 0.1) is 0 Å². The topological polar surface area (TPSA) is 101 Å². The maximum Gasteiger partial charge on any atom is 0.242 e. The Labute approximate surface area is 117 Å². The summed E-state index contributed by atoms with van der Waals surface area (Å²) >= 11 is 16.4. The summed E-state index contributed by atoms with van der Waals surface area (Å²) in [7, 11) is -4.51. The first-order chi connectivity index (χ1) is 8.15. The fourth-order valence-corrected chi connectivity index (χ4v) is 1.90. The van der Waals surface area contributed by atoms with Crippen LogP contribution in [0.1, 0.15) is 0 Å². The van der Waals surface area contributed by atoms with Gasteiger partial charge in [0.1, 0.15) is 21.7 Å². The van der Waals surface area contributed by atoms with E-state index in [4.69, 9.17) is 39.5 Å². The third kappa shape index (κ3) is 3.46. The van der Waals surface area contributed by atoms with Gasteiger partial charge in [-0.15, -0.1) is 0 Å². The molecule has 1 aliphatic carbocycles. The smallest absolute Gasteiger partial charge is 0.242 e. The Bertz CT molecular complexity index is 574. The molecule has 0 unspecified atom stereocenters. The molecule has 0 heterocycles. The van der Waals surface area contributed by atoms with Gasteiger partial charge in [-0.25, -0.2) is 8.42 Å². The Morgan fingerprint density at radius 1 is 1.00 bits per heavy atom. The molecule has 0 aliphatic heterocycles. The Morgan fingerprint density at radius 2 is 1.50 bits per heavy atom. The molecule has 18 heavy (non-hydrogen) atoms. The second kappa shape index (κ2) is 5.58. The van der Waals surface area contributed by atoms with Crippen molar-refractivity contribution in [3.8, 4) is 0 Å². The molecule has 0 spiro atoms. The van der Waals surface area contributed by atoms with E-state index in [0.29, 0.717) is 0 Å². The highest BCUT2D eigenvalue weighted by atomic mass is 35.5. The third-order valence-corrected chi connectivity index (χ3v) is 3.60. The molecule has 1 rings (SSSR count). The van der Waals surface area contributed by atoms with E-state index in [1.165, 1.54) is 0 Å². The van der Waals surface area contributed by atoms with Crippen molar-refractivity contribution in [3.63, 3.8) is 0 Å². The fraction of sp³-hybridized carbons (Fsp3) is 0.250. The molecule has 0 radical (unpaired) electrons. The summed E-state index contributed by atoms with van der Waals surface area (Å²) in [5, 5.41) is -1.74. The number of Topliss-reactive ketones (excluding diaryl/α,β-unsaturated/α-hetero) is 2. The maximum atomic E-state index is 11.5. The Kier molecular flexibility index (Phi) is 4.79. The van der Waals surface area contributed by atoms with Crippen molar-refractivity contribution in [1.82, 2.24) is 0 Å². The van der Waals surface area contributed by atoms with E-state index in [-0.39, 0.29) is 0 Å². The van der Waals surface area contributed by atoms with Crippen LogP contribution in [0.15, 0.2) is 20.9 Å². The number of hydrogen-bond donors (Lipinski definition) is 0. The lowest BCUT2D eigenvalue weighted by Crippen LogP contribution is -2.21. The summed E-state index contributed by atoms with van der Waals surface area (Å²) < 4.78 is 35.7. The van der Waals surface area contributed by atoms with Crippen LogP contribution in [-0.4, -0.2) is 36.9 Å². The zero-order valence-corrected chi connectivity index (χ0v) is 11.5. The largest absolute Gasteiger partial charge is 0.748 e. The van der Waals surface area contributed by atoms with Gasteiger partial charge in [0.2, 0.25) is 11.6 Å². The zero-order valence-electron chi connectivity index (χ0n) is 8.41. The van der Waals surface area contributed by atoms with Crippen molar-refractivity contribution in [2.24, 2.45) is 0 Å². The predicted molar refractivity (Wildman–Crippen MR) is 62.1 cm³/mol. The molecule has 0 aromatic carbocycles. The van der Waals surface area contributed by atoms with Crippen molar-refractivity contribution in [2.45, 2.75) is 0 Å². The van der Waals surface area contributed by atoms with Gasteiger partial charge in [0.25, 0.3) is 0 Å². The molecule has 0 saturated carbocycles. The van der Waals surface area contributed by atoms with E-state index >= 15 is 0 Å². The van der Waals surface area contributed by atoms with Crippen molar-refractivity contribution in [1.29, 1.82) is 0 Å². The van der Waals surface area contributed by atoms with Crippen molar-refractivity contribution >= 4 is 56.5 Å². The number of rotatable bonds is 4. The van der Waals surface area contributed by atoms with E-state index < -0.39 is 54.9 Å². The van der Waals surface area contributed by atoms with E-state index in [9.17, 15) is 22.6 Å². The molecule has 0 saturated heterocycles. The minimum Gasteiger partial charge on any atom is -0.748 e. The maximum absolute atomic E-state index is 11.5. The Morgan fingerprint density at radius 3 is 2.00 bits per heavy atom. The van der Waals surface area contributed by atoms with Gasteiger partial charge in [-0.05, 0) is 0 Å². The van der Waals surface area contributed by atoms with Crippen molar-refractivity contribution in [2.75, 3.05) is 12.4 Å². The number of allylic oxidation sites excluding steroid dienone is 3. The number of hydrogen-bond acceptors (Lipinski definition) is 6. The van der Waals surface area contributed by atoms with Gasteiger partial charge in [-0.3, -0.25) is 9.59 Å². The lowest BCUT2D eigenvalue weighted by Gasteiger charge is -2.16. The van der Waals surface area contributed by atoms with Gasteiger partial charge >= 0.3 is 0 Å². The molecule has 10 heteroatoms.